The Hall–Kier alpha value is -1.13. The third-order valence-corrected chi connectivity index (χ3v) is 3.15. The van der Waals surface area contributed by atoms with Crippen LogP contribution in [0.5, 0.6) is 0 Å². The lowest BCUT2D eigenvalue weighted by Crippen LogP contribution is -2.34. The Bertz CT molecular complexity index is 389. The average molecular weight is 250 g/mol. The number of hydrogen-bond donors (Lipinski definition) is 2. The van der Waals surface area contributed by atoms with E-state index in [0.29, 0.717) is 11.2 Å². The largest absolute Gasteiger partial charge is 0.376 e. The zero-order valence-electron chi connectivity index (χ0n) is 10.0. The number of rotatable bonds is 3. The van der Waals surface area contributed by atoms with E-state index in [1.807, 2.05) is 18.2 Å². The summed E-state index contributed by atoms with van der Waals surface area (Å²) in [7, 11) is 0. The van der Waals surface area contributed by atoms with Crippen LogP contribution in [0.4, 0.5) is 5.69 Å². The second-order valence-electron chi connectivity index (χ2n) is 4.28. The van der Waals surface area contributed by atoms with E-state index in [4.69, 9.17) is 17.0 Å². The highest BCUT2D eigenvalue weighted by Gasteiger charge is 2.15. The lowest BCUT2D eigenvalue weighted by Gasteiger charge is -2.15. The summed E-state index contributed by atoms with van der Waals surface area (Å²) in [5.41, 5.74) is 2.24. The molecule has 0 spiro atoms. The van der Waals surface area contributed by atoms with Crippen molar-refractivity contribution in [3.8, 4) is 0 Å². The maximum atomic E-state index is 5.53. The summed E-state index contributed by atoms with van der Waals surface area (Å²) in [4.78, 5) is 0. The summed E-state index contributed by atoms with van der Waals surface area (Å²) in [5.74, 6) is 0. The second-order valence-corrected chi connectivity index (χ2v) is 4.69. The number of ether oxygens (including phenoxy) is 1. The van der Waals surface area contributed by atoms with Crippen molar-refractivity contribution in [1.82, 2.24) is 5.32 Å². The minimum Gasteiger partial charge on any atom is -0.376 e. The second kappa shape index (κ2) is 5.98. The van der Waals surface area contributed by atoms with Crippen molar-refractivity contribution >= 4 is 23.0 Å². The van der Waals surface area contributed by atoms with E-state index in [9.17, 15) is 0 Å². The molecule has 2 rings (SSSR count). The molecule has 1 aliphatic heterocycles. The zero-order chi connectivity index (χ0) is 12.1. The SMILES string of the molecule is Cc1ccccc1NC(=S)NC[C@H]1CCCO1. The van der Waals surface area contributed by atoms with Crippen molar-refractivity contribution in [2.45, 2.75) is 25.9 Å². The van der Waals surface area contributed by atoms with Gasteiger partial charge in [0, 0.05) is 18.8 Å². The number of aryl methyl sites for hydroxylation is 1. The molecule has 1 saturated heterocycles. The van der Waals surface area contributed by atoms with E-state index in [0.717, 1.165) is 31.7 Å². The fourth-order valence-electron chi connectivity index (χ4n) is 1.89. The van der Waals surface area contributed by atoms with Crippen LogP contribution < -0.4 is 10.6 Å². The van der Waals surface area contributed by atoms with Gasteiger partial charge in [0.05, 0.1) is 6.10 Å². The van der Waals surface area contributed by atoms with Crippen LogP contribution in [0, 0.1) is 6.92 Å². The number of para-hydroxylation sites is 1. The van der Waals surface area contributed by atoms with Crippen LogP contribution in [-0.4, -0.2) is 24.4 Å². The Morgan fingerprint density at radius 1 is 1.47 bits per heavy atom. The van der Waals surface area contributed by atoms with Gasteiger partial charge in [-0.1, -0.05) is 18.2 Å². The number of nitrogens with one attached hydrogen (secondary N) is 2. The van der Waals surface area contributed by atoms with Crippen molar-refractivity contribution in [3.05, 3.63) is 29.8 Å². The number of benzene rings is 1. The molecule has 1 aromatic carbocycles. The van der Waals surface area contributed by atoms with Gasteiger partial charge in [0.15, 0.2) is 5.11 Å². The third-order valence-electron chi connectivity index (χ3n) is 2.91. The van der Waals surface area contributed by atoms with Gasteiger partial charge in [-0.3, -0.25) is 0 Å². The van der Waals surface area contributed by atoms with Gasteiger partial charge >= 0.3 is 0 Å². The quantitative estimate of drug-likeness (QED) is 0.807. The van der Waals surface area contributed by atoms with Crippen molar-refractivity contribution in [1.29, 1.82) is 0 Å². The summed E-state index contributed by atoms with van der Waals surface area (Å²) in [5, 5.41) is 7.06. The molecule has 0 unspecified atom stereocenters. The Morgan fingerprint density at radius 3 is 3.00 bits per heavy atom. The molecular weight excluding hydrogens is 232 g/mol. The molecule has 1 atom stereocenters. The maximum absolute atomic E-state index is 5.53. The molecule has 3 nitrogen and oxygen atoms in total. The molecule has 1 fully saturated rings. The van der Waals surface area contributed by atoms with Gasteiger partial charge in [-0.2, -0.15) is 0 Å². The zero-order valence-corrected chi connectivity index (χ0v) is 10.8. The van der Waals surface area contributed by atoms with Crippen LogP contribution in [0.15, 0.2) is 24.3 Å². The highest BCUT2D eigenvalue weighted by Crippen LogP contribution is 2.13. The van der Waals surface area contributed by atoms with E-state index in [-0.39, 0.29) is 0 Å². The van der Waals surface area contributed by atoms with Gasteiger partial charge in [0.2, 0.25) is 0 Å². The van der Waals surface area contributed by atoms with Crippen molar-refractivity contribution in [3.63, 3.8) is 0 Å². The number of thiocarbonyl (C=S) groups is 1. The Kier molecular flexibility index (Phi) is 4.34. The molecule has 17 heavy (non-hydrogen) atoms. The molecule has 1 heterocycles. The van der Waals surface area contributed by atoms with Crippen LogP contribution in [0.2, 0.25) is 0 Å². The smallest absolute Gasteiger partial charge is 0.170 e. The molecule has 0 aliphatic carbocycles. The molecule has 1 aliphatic rings. The minimum atomic E-state index is 0.312. The topological polar surface area (TPSA) is 33.3 Å². The Morgan fingerprint density at radius 2 is 2.29 bits per heavy atom. The lowest BCUT2D eigenvalue weighted by molar-refractivity contribution is 0.114. The molecule has 0 bridgehead atoms. The van der Waals surface area contributed by atoms with E-state index < -0.39 is 0 Å². The molecular formula is C13H18N2OS. The number of hydrogen-bond acceptors (Lipinski definition) is 2. The van der Waals surface area contributed by atoms with Crippen molar-refractivity contribution < 1.29 is 4.74 Å². The summed E-state index contributed by atoms with van der Waals surface area (Å²) in [6.45, 7) is 3.73. The fourth-order valence-corrected chi connectivity index (χ4v) is 2.08. The van der Waals surface area contributed by atoms with E-state index in [1.54, 1.807) is 0 Å². The Balaban J connectivity index is 1.79. The Labute approximate surface area is 108 Å². The van der Waals surface area contributed by atoms with Crippen molar-refractivity contribution in [2.75, 3.05) is 18.5 Å². The van der Waals surface area contributed by atoms with Gasteiger partial charge in [-0.05, 0) is 43.6 Å². The summed E-state index contributed by atoms with van der Waals surface area (Å²) < 4.78 is 5.53. The molecule has 92 valence electrons. The summed E-state index contributed by atoms with van der Waals surface area (Å²) in [6, 6.07) is 8.10. The summed E-state index contributed by atoms with van der Waals surface area (Å²) >= 11 is 5.25. The van der Waals surface area contributed by atoms with E-state index >= 15 is 0 Å². The first-order valence-corrected chi connectivity index (χ1v) is 6.38. The van der Waals surface area contributed by atoms with Gasteiger partial charge in [0.25, 0.3) is 0 Å². The maximum Gasteiger partial charge on any atom is 0.170 e. The first kappa shape index (κ1) is 12.3. The minimum absolute atomic E-state index is 0.312. The highest BCUT2D eigenvalue weighted by atomic mass is 32.1. The van der Waals surface area contributed by atoms with E-state index in [1.165, 1.54) is 5.56 Å². The lowest BCUT2D eigenvalue weighted by atomic mass is 10.2. The predicted molar refractivity (Wildman–Crippen MR) is 74.4 cm³/mol. The molecule has 4 heteroatoms. The average Bonchev–Trinajstić information content (AvgIpc) is 2.82. The van der Waals surface area contributed by atoms with Crippen LogP contribution in [0.1, 0.15) is 18.4 Å². The third kappa shape index (κ3) is 3.68. The van der Waals surface area contributed by atoms with Crippen LogP contribution in [-0.2, 0) is 4.74 Å². The van der Waals surface area contributed by atoms with Gasteiger partial charge in [-0.15, -0.1) is 0 Å². The van der Waals surface area contributed by atoms with Crippen LogP contribution >= 0.6 is 12.2 Å². The van der Waals surface area contributed by atoms with Gasteiger partial charge in [-0.25, -0.2) is 0 Å². The van der Waals surface area contributed by atoms with E-state index in [2.05, 4.69) is 23.6 Å². The first-order valence-electron chi connectivity index (χ1n) is 5.98. The predicted octanol–water partition coefficient (Wildman–Crippen LogP) is 2.46. The fraction of sp³-hybridized carbons (Fsp3) is 0.462. The molecule has 1 aromatic rings. The normalized spacial score (nSPS) is 19.0. The highest BCUT2D eigenvalue weighted by molar-refractivity contribution is 7.80. The van der Waals surface area contributed by atoms with Gasteiger partial charge < -0.3 is 15.4 Å². The van der Waals surface area contributed by atoms with Crippen LogP contribution in [0.3, 0.4) is 0 Å². The molecule has 0 saturated carbocycles. The molecule has 0 amide bonds. The monoisotopic (exact) mass is 250 g/mol. The van der Waals surface area contributed by atoms with Gasteiger partial charge in [0.1, 0.15) is 0 Å². The molecule has 2 N–H and O–H groups in total. The standard InChI is InChI=1S/C13H18N2OS/c1-10-5-2-3-7-12(10)15-13(17)14-9-11-6-4-8-16-11/h2-3,5,7,11H,4,6,8-9H2,1H3,(H2,14,15,17)/t11-/m1/s1. The molecule has 0 aromatic heterocycles. The number of anilines is 1. The van der Waals surface area contributed by atoms with Crippen molar-refractivity contribution in [2.24, 2.45) is 0 Å². The van der Waals surface area contributed by atoms with Crippen LogP contribution in [0.25, 0.3) is 0 Å². The first-order chi connectivity index (χ1) is 8.25. The molecule has 0 radical (unpaired) electrons. The summed E-state index contributed by atoms with van der Waals surface area (Å²) in [6.07, 6.45) is 2.59.